The van der Waals surface area contributed by atoms with Gasteiger partial charge in [0.25, 0.3) is 0 Å². The Balaban J connectivity index is 2.73. The lowest BCUT2D eigenvalue weighted by Crippen LogP contribution is -2.01. The van der Waals surface area contributed by atoms with Crippen LogP contribution in [0.2, 0.25) is 0 Å². The molecule has 2 nitrogen and oxygen atoms in total. The van der Waals surface area contributed by atoms with E-state index in [0.29, 0.717) is 11.1 Å². The summed E-state index contributed by atoms with van der Waals surface area (Å²) >= 11 is 9.29. The van der Waals surface area contributed by atoms with Gasteiger partial charge in [0, 0.05) is 12.3 Å². The largest absolute Gasteiger partial charge is 0.427 e. The number of benzene rings is 1. The number of carbonyl (C=O) groups excluding carboxylic acids is 1. The molecule has 0 heterocycles. The van der Waals surface area contributed by atoms with Crippen molar-refractivity contribution in [3.8, 4) is 5.75 Å². The molecule has 0 amide bonds. The molecule has 0 saturated heterocycles. The Bertz CT molecular complexity index is 310. The first-order chi connectivity index (χ1) is 6.63. The van der Waals surface area contributed by atoms with Crippen molar-refractivity contribution < 1.29 is 9.53 Å². The minimum absolute atomic E-state index is 0.0543. The van der Waals surface area contributed by atoms with Crippen molar-refractivity contribution in [3.05, 3.63) is 29.8 Å². The molecule has 4 heteroatoms. The van der Waals surface area contributed by atoms with Gasteiger partial charge in [0.1, 0.15) is 5.75 Å². The van der Waals surface area contributed by atoms with Crippen molar-refractivity contribution in [2.75, 3.05) is 5.33 Å². The second-order valence-electron chi connectivity index (χ2n) is 2.78. The van der Waals surface area contributed by atoms with Crippen molar-refractivity contribution in [2.45, 2.75) is 12.3 Å². The maximum Gasteiger partial charge on any atom is 0.308 e. The minimum Gasteiger partial charge on any atom is -0.427 e. The average molecular weight is 278 g/mol. The fraction of sp³-hybridized carbons (Fsp3) is 0.300. The third-order valence-corrected chi connectivity index (χ3v) is 3.07. The van der Waals surface area contributed by atoms with Crippen molar-refractivity contribution >= 4 is 33.5 Å². The quantitative estimate of drug-likeness (QED) is 0.481. The summed E-state index contributed by atoms with van der Waals surface area (Å²) < 4.78 is 4.89. The molecular formula is C10H10BrClO2. The standard InChI is InChI=1S/C10H10BrClO2/c1-7(13)14-9-4-2-8(3-5-9)10(12)6-11/h2-5,10H,6H2,1H3. The summed E-state index contributed by atoms with van der Waals surface area (Å²) in [6, 6.07) is 7.15. The van der Waals surface area contributed by atoms with Gasteiger partial charge < -0.3 is 4.74 Å². The number of hydrogen-bond acceptors (Lipinski definition) is 2. The second kappa shape index (κ2) is 5.37. The van der Waals surface area contributed by atoms with E-state index >= 15 is 0 Å². The first kappa shape index (κ1) is 11.5. The zero-order valence-electron chi connectivity index (χ0n) is 7.67. The molecule has 0 aliphatic rings. The van der Waals surface area contributed by atoms with Crippen LogP contribution >= 0.6 is 27.5 Å². The molecule has 0 bridgehead atoms. The van der Waals surface area contributed by atoms with Crippen molar-refractivity contribution in [1.82, 2.24) is 0 Å². The van der Waals surface area contributed by atoms with Gasteiger partial charge in [-0.05, 0) is 17.7 Å². The van der Waals surface area contributed by atoms with Crippen LogP contribution in [0.4, 0.5) is 0 Å². The van der Waals surface area contributed by atoms with Gasteiger partial charge in [-0.1, -0.05) is 28.1 Å². The molecule has 76 valence electrons. The first-order valence-corrected chi connectivity index (χ1v) is 5.67. The van der Waals surface area contributed by atoms with Crippen LogP contribution in [0, 0.1) is 0 Å². The van der Waals surface area contributed by atoms with Crippen LogP contribution in [0.25, 0.3) is 0 Å². The van der Waals surface area contributed by atoms with Crippen LogP contribution in [0.3, 0.4) is 0 Å². The normalized spacial score (nSPS) is 12.2. The maximum atomic E-state index is 10.6. The summed E-state index contributed by atoms with van der Waals surface area (Å²) in [5.41, 5.74) is 0.999. The van der Waals surface area contributed by atoms with Crippen LogP contribution < -0.4 is 4.74 Å². The molecule has 0 aromatic heterocycles. The van der Waals surface area contributed by atoms with E-state index in [1.54, 1.807) is 12.1 Å². The summed E-state index contributed by atoms with van der Waals surface area (Å²) in [6.07, 6.45) is 0. The average Bonchev–Trinajstić information content (AvgIpc) is 2.17. The van der Waals surface area contributed by atoms with Gasteiger partial charge >= 0.3 is 5.97 Å². The van der Waals surface area contributed by atoms with Crippen LogP contribution in [0.15, 0.2) is 24.3 Å². The van der Waals surface area contributed by atoms with Gasteiger partial charge in [-0.25, -0.2) is 0 Å². The Hall–Kier alpha value is -0.540. The molecule has 1 rings (SSSR count). The van der Waals surface area contributed by atoms with Gasteiger partial charge in [0.05, 0.1) is 5.38 Å². The molecule has 14 heavy (non-hydrogen) atoms. The van der Waals surface area contributed by atoms with Gasteiger partial charge in [0.2, 0.25) is 0 Å². The monoisotopic (exact) mass is 276 g/mol. The lowest BCUT2D eigenvalue weighted by atomic mass is 10.2. The van der Waals surface area contributed by atoms with Crippen LogP contribution in [-0.4, -0.2) is 11.3 Å². The lowest BCUT2D eigenvalue weighted by Gasteiger charge is -2.06. The van der Waals surface area contributed by atoms with Crippen LogP contribution in [0.5, 0.6) is 5.75 Å². The summed E-state index contributed by atoms with van der Waals surface area (Å²) in [4.78, 5) is 10.6. The number of alkyl halides is 2. The molecule has 1 atom stereocenters. The van der Waals surface area contributed by atoms with Gasteiger partial charge in [-0.15, -0.1) is 11.6 Å². The zero-order chi connectivity index (χ0) is 10.6. The van der Waals surface area contributed by atoms with E-state index in [-0.39, 0.29) is 11.3 Å². The Morgan fingerprint density at radius 1 is 1.50 bits per heavy atom. The smallest absolute Gasteiger partial charge is 0.308 e. The van der Waals surface area contributed by atoms with E-state index in [0.717, 1.165) is 5.56 Å². The number of esters is 1. The van der Waals surface area contributed by atoms with Crippen molar-refractivity contribution in [1.29, 1.82) is 0 Å². The van der Waals surface area contributed by atoms with Crippen molar-refractivity contribution in [2.24, 2.45) is 0 Å². The fourth-order valence-electron chi connectivity index (χ4n) is 1.000. The number of carbonyl (C=O) groups is 1. The summed E-state index contributed by atoms with van der Waals surface area (Å²) in [5.74, 6) is 0.223. The molecular weight excluding hydrogens is 267 g/mol. The molecule has 0 spiro atoms. The topological polar surface area (TPSA) is 26.3 Å². The predicted molar refractivity (Wildman–Crippen MR) is 60.1 cm³/mol. The Morgan fingerprint density at radius 2 is 2.07 bits per heavy atom. The molecule has 1 aromatic rings. The number of ether oxygens (including phenoxy) is 1. The highest BCUT2D eigenvalue weighted by molar-refractivity contribution is 9.09. The SMILES string of the molecule is CC(=O)Oc1ccc(C(Cl)CBr)cc1. The molecule has 0 N–H and O–H groups in total. The van der Waals surface area contributed by atoms with E-state index in [4.69, 9.17) is 16.3 Å². The predicted octanol–water partition coefficient (Wildman–Crippen LogP) is 3.29. The summed E-state index contributed by atoms with van der Waals surface area (Å²) in [5, 5.41) is 0.642. The van der Waals surface area contributed by atoms with E-state index < -0.39 is 0 Å². The molecule has 1 aromatic carbocycles. The lowest BCUT2D eigenvalue weighted by molar-refractivity contribution is -0.131. The third-order valence-electron chi connectivity index (χ3n) is 1.64. The maximum absolute atomic E-state index is 10.6. The second-order valence-corrected chi connectivity index (χ2v) is 3.96. The highest BCUT2D eigenvalue weighted by atomic mass is 79.9. The number of halogens is 2. The Morgan fingerprint density at radius 3 is 2.50 bits per heavy atom. The zero-order valence-corrected chi connectivity index (χ0v) is 10.0. The van der Waals surface area contributed by atoms with Gasteiger partial charge in [-0.2, -0.15) is 0 Å². The molecule has 1 unspecified atom stereocenters. The molecule has 0 aliphatic carbocycles. The van der Waals surface area contributed by atoms with E-state index in [9.17, 15) is 4.79 Å². The highest BCUT2D eigenvalue weighted by Crippen LogP contribution is 2.24. The fourth-order valence-corrected chi connectivity index (χ4v) is 1.52. The number of rotatable bonds is 3. The highest BCUT2D eigenvalue weighted by Gasteiger charge is 2.05. The Kier molecular flexibility index (Phi) is 4.42. The first-order valence-electron chi connectivity index (χ1n) is 4.12. The third kappa shape index (κ3) is 3.31. The minimum atomic E-state index is -0.319. The van der Waals surface area contributed by atoms with E-state index in [2.05, 4.69) is 15.9 Å². The molecule has 0 aliphatic heterocycles. The molecule has 0 saturated carbocycles. The summed E-state index contributed by atoms with van der Waals surface area (Å²) in [6.45, 7) is 1.37. The molecule has 0 fully saturated rings. The molecule has 0 radical (unpaired) electrons. The summed E-state index contributed by atoms with van der Waals surface area (Å²) in [7, 11) is 0. The number of hydrogen-bond donors (Lipinski definition) is 0. The van der Waals surface area contributed by atoms with Crippen LogP contribution in [0.1, 0.15) is 17.9 Å². The van der Waals surface area contributed by atoms with E-state index in [1.807, 2.05) is 12.1 Å². The van der Waals surface area contributed by atoms with Gasteiger partial charge in [0.15, 0.2) is 0 Å². The van der Waals surface area contributed by atoms with Crippen LogP contribution in [-0.2, 0) is 4.79 Å². The van der Waals surface area contributed by atoms with E-state index in [1.165, 1.54) is 6.92 Å². The van der Waals surface area contributed by atoms with Crippen molar-refractivity contribution in [3.63, 3.8) is 0 Å². The van der Waals surface area contributed by atoms with Gasteiger partial charge in [-0.3, -0.25) is 4.79 Å². The Labute approximate surface area is 96.3 Å².